The van der Waals surface area contributed by atoms with Gasteiger partial charge in [0.2, 0.25) is 0 Å². The van der Waals surface area contributed by atoms with Crippen LogP contribution in [-0.4, -0.2) is 46.4 Å². The minimum Gasteiger partial charge on any atom is -0.395 e. The summed E-state index contributed by atoms with van der Waals surface area (Å²) in [5.74, 6) is 5.86. The van der Waals surface area contributed by atoms with Crippen molar-refractivity contribution in [3.8, 4) is 0 Å². The van der Waals surface area contributed by atoms with Crippen LogP contribution in [0.1, 0.15) is 5.56 Å². The van der Waals surface area contributed by atoms with Gasteiger partial charge in [0.25, 0.3) is 0 Å². The van der Waals surface area contributed by atoms with Gasteiger partial charge in [0.15, 0.2) is 0 Å². The highest BCUT2D eigenvalue weighted by molar-refractivity contribution is 5.35. The third-order valence-corrected chi connectivity index (χ3v) is 2.21. The number of aromatic nitrogens is 1. The van der Waals surface area contributed by atoms with Crippen LogP contribution in [0.15, 0.2) is 18.3 Å². The summed E-state index contributed by atoms with van der Waals surface area (Å²) in [4.78, 5) is 5.96. The van der Waals surface area contributed by atoms with Crippen molar-refractivity contribution in [3.05, 3.63) is 23.9 Å². The molecule has 1 aromatic rings. The highest BCUT2D eigenvalue weighted by Gasteiger charge is 2.05. The summed E-state index contributed by atoms with van der Waals surface area (Å²) in [5, 5.41) is 17.7. The Labute approximate surface area is 94.7 Å². The smallest absolute Gasteiger partial charge is 0.140 e. The molecule has 0 radical (unpaired) electrons. The third-order valence-electron chi connectivity index (χ3n) is 2.21. The topological polar surface area (TPSA) is 94.6 Å². The number of nitrogens with one attached hydrogen (secondary N) is 1. The fourth-order valence-electron chi connectivity index (χ4n) is 1.46. The molecule has 6 heteroatoms. The molecular formula is C10H18N4O2. The number of rotatable bonds is 7. The molecule has 0 atom stereocenters. The first-order chi connectivity index (χ1) is 7.80. The van der Waals surface area contributed by atoms with Crippen molar-refractivity contribution in [1.29, 1.82) is 0 Å². The molecule has 0 aliphatic rings. The first kappa shape index (κ1) is 12.9. The Hall–Kier alpha value is -1.21. The van der Waals surface area contributed by atoms with Crippen LogP contribution in [0.2, 0.25) is 0 Å². The zero-order chi connectivity index (χ0) is 11.8. The molecule has 0 aliphatic carbocycles. The van der Waals surface area contributed by atoms with E-state index in [0.717, 1.165) is 5.56 Å². The normalized spacial score (nSPS) is 10.8. The van der Waals surface area contributed by atoms with Gasteiger partial charge in [-0.05, 0) is 17.7 Å². The lowest BCUT2D eigenvalue weighted by molar-refractivity contribution is 0.156. The van der Waals surface area contributed by atoms with E-state index >= 15 is 0 Å². The van der Waals surface area contributed by atoms with Crippen molar-refractivity contribution in [3.63, 3.8) is 0 Å². The van der Waals surface area contributed by atoms with E-state index in [0.29, 0.717) is 25.5 Å². The zero-order valence-electron chi connectivity index (χ0n) is 9.13. The van der Waals surface area contributed by atoms with Gasteiger partial charge in [-0.25, -0.2) is 10.8 Å². The minimum atomic E-state index is 0.0765. The SMILES string of the molecule is NNc1cc(CN(CCO)CCO)ccn1. The molecule has 6 nitrogen and oxygen atoms in total. The maximum atomic E-state index is 8.87. The molecule has 0 saturated heterocycles. The van der Waals surface area contributed by atoms with Gasteiger partial charge in [-0.3, -0.25) is 4.90 Å². The fourth-order valence-corrected chi connectivity index (χ4v) is 1.46. The molecule has 0 aliphatic heterocycles. The molecule has 1 aromatic heterocycles. The van der Waals surface area contributed by atoms with Crippen molar-refractivity contribution >= 4 is 5.82 Å². The van der Waals surface area contributed by atoms with Crippen LogP contribution in [0.5, 0.6) is 0 Å². The van der Waals surface area contributed by atoms with Gasteiger partial charge in [-0.2, -0.15) is 0 Å². The largest absolute Gasteiger partial charge is 0.395 e. The lowest BCUT2D eigenvalue weighted by Crippen LogP contribution is -2.29. The lowest BCUT2D eigenvalue weighted by Gasteiger charge is -2.20. The molecule has 0 saturated carbocycles. The summed E-state index contributed by atoms with van der Waals surface area (Å²) in [5.41, 5.74) is 3.51. The Bertz CT molecular complexity index is 303. The molecular weight excluding hydrogens is 208 g/mol. The Morgan fingerprint density at radius 3 is 2.56 bits per heavy atom. The van der Waals surface area contributed by atoms with Crippen LogP contribution in [0, 0.1) is 0 Å². The van der Waals surface area contributed by atoms with Gasteiger partial charge in [-0.1, -0.05) is 0 Å². The van der Waals surface area contributed by atoms with Crippen LogP contribution in [-0.2, 0) is 6.54 Å². The Kier molecular flexibility index (Phi) is 5.73. The summed E-state index contributed by atoms with van der Waals surface area (Å²) >= 11 is 0. The molecule has 5 N–H and O–H groups in total. The van der Waals surface area contributed by atoms with Crippen LogP contribution < -0.4 is 11.3 Å². The summed E-state index contributed by atoms with van der Waals surface area (Å²) in [6.07, 6.45) is 1.67. The predicted molar refractivity (Wildman–Crippen MR) is 61.5 cm³/mol. The monoisotopic (exact) mass is 226 g/mol. The maximum Gasteiger partial charge on any atom is 0.140 e. The molecule has 1 heterocycles. The second-order valence-corrected chi connectivity index (χ2v) is 3.42. The van der Waals surface area contributed by atoms with E-state index in [1.807, 2.05) is 17.0 Å². The van der Waals surface area contributed by atoms with E-state index in [4.69, 9.17) is 16.1 Å². The highest BCUT2D eigenvalue weighted by atomic mass is 16.3. The molecule has 0 bridgehead atoms. The molecule has 0 fully saturated rings. The van der Waals surface area contributed by atoms with Crippen molar-refractivity contribution in [1.82, 2.24) is 9.88 Å². The number of nitrogens with two attached hydrogens (primary N) is 1. The van der Waals surface area contributed by atoms with Gasteiger partial charge in [0, 0.05) is 25.8 Å². The molecule has 0 spiro atoms. The van der Waals surface area contributed by atoms with Crippen LogP contribution >= 0.6 is 0 Å². The Morgan fingerprint density at radius 1 is 1.31 bits per heavy atom. The number of hydrazine groups is 1. The second kappa shape index (κ2) is 7.13. The van der Waals surface area contributed by atoms with E-state index in [1.165, 1.54) is 0 Å². The maximum absolute atomic E-state index is 8.87. The first-order valence-corrected chi connectivity index (χ1v) is 5.15. The average molecular weight is 226 g/mol. The lowest BCUT2D eigenvalue weighted by atomic mass is 10.2. The average Bonchev–Trinajstić information content (AvgIpc) is 2.30. The quantitative estimate of drug-likeness (QED) is 0.357. The van der Waals surface area contributed by atoms with Gasteiger partial charge in [0.1, 0.15) is 5.82 Å². The van der Waals surface area contributed by atoms with Gasteiger partial charge < -0.3 is 15.6 Å². The highest BCUT2D eigenvalue weighted by Crippen LogP contribution is 2.08. The van der Waals surface area contributed by atoms with Gasteiger partial charge >= 0.3 is 0 Å². The van der Waals surface area contributed by atoms with E-state index in [2.05, 4.69) is 10.4 Å². The van der Waals surface area contributed by atoms with Crippen molar-refractivity contribution in [2.24, 2.45) is 5.84 Å². The number of pyridine rings is 1. The molecule has 16 heavy (non-hydrogen) atoms. The molecule has 0 aromatic carbocycles. The summed E-state index contributed by atoms with van der Waals surface area (Å²) in [6.45, 7) is 1.88. The molecule has 0 amide bonds. The summed E-state index contributed by atoms with van der Waals surface area (Å²) in [6, 6.07) is 3.71. The van der Waals surface area contributed by atoms with Crippen LogP contribution in [0.25, 0.3) is 0 Å². The number of aliphatic hydroxyl groups is 2. The number of nitrogens with zero attached hydrogens (tertiary/aromatic N) is 2. The summed E-state index contributed by atoms with van der Waals surface area (Å²) in [7, 11) is 0. The minimum absolute atomic E-state index is 0.0765. The fraction of sp³-hybridized carbons (Fsp3) is 0.500. The standard InChI is InChI=1S/C10H18N4O2/c11-13-10-7-9(1-2-12-10)8-14(3-5-15)4-6-16/h1-2,7,15-16H,3-6,8,11H2,(H,12,13). The number of hydrogen-bond acceptors (Lipinski definition) is 6. The van der Waals surface area contributed by atoms with Gasteiger partial charge in [0.05, 0.1) is 13.2 Å². The van der Waals surface area contributed by atoms with Gasteiger partial charge in [-0.15, -0.1) is 0 Å². The van der Waals surface area contributed by atoms with E-state index in [1.54, 1.807) is 6.20 Å². The second-order valence-electron chi connectivity index (χ2n) is 3.42. The third kappa shape index (κ3) is 4.11. The molecule has 0 unspecified atom stereocenters. The van der Waals surface area contributed by atoms with E-state index in [9.17, 15) is 0 Å². The van der Waals surface area contributed by atoms with Crippen molar-refractivity contribution in [2.75, 3.05) is 31.7 Å². The summed E-state index contributed by atoms with van der Waals surface area (Å²) < 4.78 is 0. The number of nitrogen functional groups attached to an aromatic ring is 1. The van der Waals surface area contributed by atoms with Crippen LogP contribution in [0.3, 0.4) is 0 Å². The van der Waals surface area contributed by atoms with E-state index < -0.39 is 0 Å². The number of aliphatic hydroxyl groups excluding tert-OH is 2. The van der Waals surface area contributed by atoms with E-state index in [-0.39, 0.29) is 13.2 Å². The van der Waals surface area contributed by atoms with Crippen molar-refractivity contribution in [2.45, 2.75) is 6.54 Å². The Morgan fingerprint density at radius 2 is 2.00 bits per heavy atom. The molecule has 1 rings (SSSR count). The Balaban J connectivity index is 2.60. The first-order valence-electron chi connectivity index (χ1n) is 5.15. The zero-order valence-corrected chi connectivity index (χ0v) is 9.13. The number of anilines is 1. The number of hydrogen-bond donors (Lipinski definition) is 4. The van der Waals surface area contributed by atoms with Crippen LogP contribution in [0.4, 0.5) is 5.82 Å². The molecule has 90 valence electrons. The van der Waals surface area contributed by atoms with Crippen molar-refractivity contribution < 1.29 is 10.2 Å². The predicted octanol–water partition coefficient (Wildman–Crippen LogP) is -0.846.